The van der Waals surface area contributed by atoms with Gasteiger partial charge in [-0.05, 0) is 18.9 Å². The zero-order chi connectivity index (χ0) is 18.7. The molecule has 1 aliphatic rings. The molecule has 4 heteroatoms. The summed E-state index contributed by atoms with van der Waals surface area (Å²) in [7, 11) is 1.61. The molecule has 0 bridgehead atoms. The standard InChI is InChI=1S/C21H31NO3/c1-7-8-14-21(15-16-12-10-9-11-13-16)18(23)25-20(5,19(2,3)4)17(22-21)24-6/h9-13H,7-8,14-15H2,1-6H3/t20-,21-/m1/s1. The van der Waals surface area contributed by atoms with Crippen LogP contribution in [0.15, 0.2) is 35.3 Å². The molecule has 1 heterocycles. The summed E-state index contributed by atoms with van der Waals surface area (Å²) in [6, 6.07) is 10.00. The number of methoxy groups -OCH3 is 1. The molecule has 0 amide bonds. The van der Waals surface area contributed by atoms with Crippen molar-refractivity contribution < 1.29 is 14.3 Å². The number of nitrogens with zero attached hydrogens (tertiary/aromatic N) is 1. The van der Waals surface area contributed by atoms with Crippen molar-refractivity contribution in [2.75, 3.05) is 7.11 Å². The van der Waals surface area contributed by atoms with Crippen LogP contribution in [0.3, 0.4) is 0 Å². The fraction of sp³-hybridized carbons (Fsp3) is 0.619. The molecular weight excluding hydrogens is 314 g/mol. The first-order valence-electron chi connectivity index (χ1n) is 9.10. The van der Waals surface area contributed by atoms with Gasteiger partial charge in [0.15, 0.2) is 11.1 Å². The summed E-state index contributed by atoms with van der Waals surface area (Å²) in [5.41, 5.74) is -1.02. The van der Waals surface area contributed by atoms with Gasteiger partial charge >= 0.3 is 5.97 Å². The van der Waals surface area contributed by atoms with Crippen molar-refractivity contribution in [3.05, 3.63) is 35.9 Å². The minimum atomic E-state index is -0.909. The molecule has 2 atom stereocenters. The molecule has 138 valence electrons. The second-order valence-electron chi connectivity index (χ2n) is 8.09. The van der Waals surface area contributed by atoms with Gasteiger partial charge in [0.05, 0.1) is 7.11 Å². The second kappa shape index (κ2) is 7.19. The maximum atomic E-state index is 13.2. The number of carbonyl (C=O) groups is 1. The van der Waals surface area contributed by atoms with Crippen molar-refractivity contribution in [1.82, 2.24) is 0 Å². The highest BCUT2D eigenvalue weighted by atomic mass is 16.6. The van der Waals surface area contributed by atoms with E-state index >= 15 is 0 Å². The Labute approximate surface area is 151 Å². The molecule has 4 nitrogen and oxygen atoms in total. The van der Waals surface area contributed by atoms with Gasteiger partial charge in [-0.3, -0.25) is 0 Å². The van der Waals surface area contributed by atoms with Gasteiger partial charge in [-0.2, -0.15) is 0 Å². The molecule has 0 radical (unpaired) electrons. The number of esters is 1. The molecule has 0 fully saturated rings. The average Bonchev–Trinajstić information content (AvgIpc) is 2.56. The van der Waals surface area contributed by atoms with Crippen LogP contribution < -0.4 is 0 Å². The van der Waals surface area contributed by atoms with Crippen molar-refractivity contribution in [3.8, 4) is 0 Å². The minimum Gasteiger partial charge on any atom is -0.481 e. The van der Waals surface area contributed by atoms with E-state index in [1.807, 2.05) is 58.0 Å². The molecule has 1 aliphatic heterocycles. The predicted octanol–water partition coefficient (Wildman–Crippen LogP) is 4.56. The van der Waals surface area contributed by atoms with Crippen LogP contribution in [-0.2, 0) is 20.7 Å². The van der Waals surface area contributed by atoms with E-state index in [2.05, 4.69) is 6.92 Å². The molecule has 25 heavy (non-hydrogen) atoms. The summed E-state index contributed by atoms with van der Waals surface area (Å²) in [5.74, 6) is 0.259. The normalized spacial score (nSPS) is 26.8. The Morgan fingerprint density at radius 3 is 2.36 bits per heavy atom. The number of unbranched alkanes of at least 4 members (excludes halogenated alkanes) is 1. The van der Waals surface area contributed by atoms with Crippen molar-refractivity contribution in [2.24, 2.45) is 10.4 Å². The third kappa shape index (κ3) is 3.73. The predicted molar refractivity (Wildman–Crippen MR) is 101 cm³/mol. The van der Waals surface area contributed by atoms with E-state index in [1.165, 1.54) is 0 Å². The number of rotatable bonds is 5. The van der Waals surface area contributed by atoms with Gasteiger partial charge in [0.25, 0.3) is 0 Å². The van der Waals surface area contributed by atoms with Crippen LogP contribution in [0.25, 0.3) is 0 Å². The van der Waals surface area contributed by atoms with Crippen LogP contribution in [0.4, 0.5) is 0 Å². The average molecular weight is 345 g/mol. The molecule has 0 N–H and O–H groups in total. The number of hydrogen-bond donors (Lipinski definition) is 0. The number of cyclic esters (lactones) is 1. The first kappa shape index (κ1) is 19.5. The summed E-state index contributed by atoms with van der Waals surface area (Å²) >= 11 is 0. The van der Waals surface area contributed by atoms with E-state index in [4.69, 9.17) is 14.5 Å². The molecule has 0 saturated carbocycles. The Bertz CT molecular complexity index is 632. The van der Waals surface area contributed by atoms with Crippen LogP contribution in [0.5, 0.6) is 0 Å². The topological polar surface area (TPSA) is 47.9 Å². The first-order chi connectivity index (χ1) is 11.7. The maximum absolute atomic E-state index is 13.2. The molecule has 1 aromatic carbocycles. The van der Waals surface area contributed by atoms with Gasteiger partial charge in [-0.1, -0.05) is 70.9 Å². The quantitative estimate of drug-likeness (QED) is 0.735. The number of carbonyl (C=O) groups excluding carboxylic acids is 1. The summed E-state index contributed by atoms with van der Waals surface area (Å²) in [6.07, 6.45) is 3.09. The molecule has 0 aliphatic carbocycles. The van der Waals surface area contributed by atoms with Crippen molar-refractivity contribution >= 4 is 11.9 Å². The zero-order valence-corrected chi connectivity index (χ0v) is 16.4. The van der Waals surface area contributed by atoms with Crippen molar-refractivity contribution in [1.29, 1.82) is 0 Å². The van der Waals surface area contributed by atoms with E-state index in [1.54, 1.807) is 7.11 Å². The molecule has 1 aromatic rings. The highest BCUT2D eigenvalue weighted by molar-refractivity contribution is 5.96. The fourth-order valence-corrected chi connectivity index (χ4v) is 3.15. The van der Waals surface area contributed by atoms with Crippen LogP contribution in [0.1, 0.15) is 59.4 Å². The van der Waals surface area contributed by atoms with E-state index < -0.39 is 11.1 Å². The largest absolute Gasteiger partial charge is 0.481 e. The lowest BCUT2D eigenvalue weighted by Gasteiger charge is -2.46. The molecular formula is C21H31NO3. The lowest BCUT2D eigenvalue weighted by molar-refractivity contribution is -0.172. The lowest BCUT2D eigenvalue weighted by Crippen LogP contribution is -2.60. The molecule has 0 aromatic heterocycles. The maximum Gasteiger partial charge on any atom is 0.335 e. The van der Waals surface area contributed by atoms with Gasteiger partial charge in [0, 0.05) is 11.8 Å². The highest BCUT2D eigenvalue weighted by Crippen LogP contribution is 2.42. The van der Waals surface area contributed by atoms with E-state index in [0.717, 1.165) is 18.4 Å². The summed E-state index contributed by atoms with van der Waals surface area (Å²) < 4.78 is 11.7. The number of benzene rings is 1. The Morgan fingerprint density at radius 2 is 1.84 bits per heavy atom. The number of aliphatic imine (C=N–C) groups is 1. The van der Waals surface area contributed by atoms with Gasteiger partial charge in [-0.15, -0.1) is 0 Å². The third-order valence-corrected chi connectivity index (χ3v) is 5.31. The van der Waals surface area contributed by atoms with Crippen LogP contribution in [0.2, 0.25) is 0 Å². The first-order valence-corrected chi connectivity index (χ1v) is 9.10. The summed E-state index contributed by atoms with van der Waals surface area (Å²) in [4.78, 5) is 18.1. The zero-order valence-electron chi connectivity index (χ0n) is 16.4. The van der Waals surface area contributed by atoms with Gasteiger partial charge in [-0.25, -0.2) is 9.79 Å². The monoisotopic (exact) mass is 345 g/mol. The Hall–Kier alpha value is -1.84. The molecule has 0 spiro atoms. The Kier molecular flexibility index (Phi) is 5.60. The van der Waals surface area contributed by atoms with Gasteiger partial charge < -0.3 is 9.47 Å². The minimum absolute atomic E-state index is 0.247. The van der Waals surface area contributed by atoms with Crippen molar-refractivity contribution in [3.63, 3.8) is 0 Å². The van der Waals surface area contributed by atoms with E-state index in [-0.39, 0.29) is 11.4 Å². The van der Waals surface area contributed by atoms with Crippen LogP contribution >= 0.6 is 0 Å². The second-order valence-corrected chi connectivity index (χ2v) is 8.09. The smallest absolute Gasteiger partial charge is 0.335 e. The Balaban J connectivity index is 2.51. The fourth-order valence-electron chi connectivity index (χ4n) is 3.15. The van der Waals surface area contributed by atoms with E-state index in [0.29, 0.717) is 18.7 Å². The highest BCUT2D eigenvalue weighted by Gasteiger charge is 2.56. The number of hydrogen-bond acceptors (Lipinski definition) is 4. The number of ether oxygens (including phenoxy) is 2. The molecule has 2 rings (SSSR count). The van der Waals surface area contributed by atoms with Crippen LogP contribution in [-0.4, -0.2) is 30.1 Å². The van der Waals surface area contributed by atoms with E-state index in [9.17, 15) is 4.79 Å². The third-order valence-electron chi connectivity index (χ3n) is 5.31. The van der Waals surface area contributed by atoms with Gasteiger partial charge in [0.1, 0.15) is 0 Å². The SMILES string of the molecule is CCCC[C@]1(Cc2ccccc2)N=C(OC)[C@](C)(C(C)(C)C)OC1=O. The summed E-state index contributed by atoms with van der Waals surface area (Å²) in [5, 5.41) is 0. The van der Waals surface area contributed by atoms with Gasteiger partial charge in [0.2, 0.25) is 5.90 Å². The summed E-state index contributed by atoms with van der Waals surface area (Å²) in [6.45, 7) is 10.1. The molecule has 0 unspecified atom stereocenters. The molecule has 0 saturated heterocycles. The van der Waals surface area contributed by atoms with Crippen molar-refractivity contribution in [2.45, 2.75) is 71.4 Å². The lowest BCUT2D eigenvalue weighted by atomic mass is 9.75. The Morgan fingerprint density at radius 1 is 1.20 bits per heavy atom. The van der Waals surface area contributed by atoms with Crippen LogP contribution in [0, 0.1) is 5.41 Å².